The lowest BCUT2D eigenvalue weighted by Crippen LogP contribution is -2.48. The van der Waals surface area contributed by atoms with Crippen molar-refractivity contribution >= 4 is 29.1 Å². The zero-order valence-electron chi connectivity index (χ0n) is 16.1. The molecule has 1 N–H and O–H groups in total. The minimum Gasteiger partial charge on any atom is -0.338 e. The van der Waals surface area contributed by atoms with E-state index in [-0.39, 0.29) is 25.3 Å². The Morgan fingerprint density at radius 2 is 1.97 bits per heavy atom. The Bertz CT molecular complexity index is 871. The van der Waals surface area contributed by atoms with Gasteiger partial charge in [0.05, 0.1) is 21.4 Å². The lowest BCUT2D eigenvalue weighted by Gasteiger charge is -2.36. The van der Waals surface area contributed by atoms with Gasteiger partial charge >= 0.3 is 0 Å². The highest BCUT2D eigenvalue weighted by Crippen LogP contribution is 2.28. The number of alkyl halides is 2. The van der Waals surface area contributed by atoms with Gasteiger partial charge in [-0.1, -0.05) is 29.3 Å². The predicted molar refractivity (Wildman–Crippen MR) is 111 cm³/mol. The van der Waals surface area contributed by atoms with Crippen molar-refractivity contribution in [2.75, 3.05) is 19.6 Å². The largest absolute Gasteiger partial charge is 0.338 e. The third-order valence-corrected chi connectivity index (χ3v) is 5.84. The number of likely N-dealkylation sites (tertiary alicyclic amines) is 1. The summed E-state index contributed by atoms with van der Waals surface area (Å²) in [5.74, 6) is -0.181. The summed E-state index contributed by atoms with van der Waals surface area (Å²) in [5.41, 5.74) is 0.0764. The van der Waals surface area contributed by atoms with Crippen LogP contribution in [0.2, 0.25) is 10.0 Å². The van der Waals surface area contributed by atoms with Gasteiger partial charge in [-0.15, -0.1) is 0 Å². The van der Waals surface area contributed by atoms with Gasteiger partial charge in [0.1, 0.15) is 11.8 Å². The van der Waals surface area contributed by atoms with Crippen molar-refractivity contribution in [1.29, 1.82) is 0 Å². The summed E-state index contributed by atoms with van der Waals surface area (Å²) in [5, 5.41) is 3.78. The highest BCUT2D eigenvalue weighted by molar-refractivity contribution is 6.42. The molecule has 1 aromatic heterocycles. The molecule has 1 aromatic carbocycles. The number of hydrogen-bond donors (Lipinski definition) is 1. The van der Waals surface area contributed by atoms with Gasteiger partial charge in [-0.2, -0.15) is 0 Å². The Morgan fingerprint density at radius 1 is 1.24 bits per heavy atom. The molecule has 1 atom stereocenters. The monoisotopic (exact) mass is 441 g/mol. The lowest BCUT2D eigenvalue weighted by molar-refractivity contribution is 0.0434. The van der Waals surface area contributed by atoms with Gasteiger partial charge in [-0.25, -0.2) is 8.78 Å². The summed E-state index contributed by atoms with van der Waals surface area (Å²) in [6.45, 7) is 2.59. The maximum atomic E-state index is 15.1. The molecule has 2 aromatic rings. The fourth-order valence-electron chi connectivity index (χ4n) is 3.33. The van der Waals surface area contributed by atoms with Gasteiger partial charge in [0.2, 0.25) is 0 Å². The molecule has 1 aliphatic heterocycles. The minimum absolute atomic E-state index is 0.152. The second-order valence-corrected chi connectivity index (χ2v) is 8.16. The molecule has 8 heteroatoms. The predicted octanol–water partition coefficient (Wildman–Crippen LogP) is 5.15. The van der Waals surface area contributed by atoms with Crippen molar-refractivity contribution in [1.82, 2.24) is 15.2 Å². The molecule has 0 radical (unpaired) electrons. The summed E-state index contributed by atoms with van der Waals surface area (Å²) in [4.78, 5) is 18.5. The van der Waals surface area contributed by atoms with Crippen LogP contribution in [0.15, 0.2) is 36.4 Å². The topological polar surface area (TPSA) is 45.2 Å². The number of rotatable bonds is 6. The van der Waals surface area contributed by atoms with E-state index in [4.69, 9.17) is 23.2 Å². The number of benzene rings is 1. The van der Waals surface area contributed by atoms with Crippen LogP contribution in [0.1, 0.15) is 47.7 Å². The molecular formula is C21H23Cl2F2N3O. The first-order chi connectivity index (χ1) is 13.8. The Kier molecular flexibility index (Phi) is 7.09. The van der Waals surface area contributed by atoms with Gasteiger partial charge < -0.3 is 10.2 Å². The first-order valence-corrected chi connectivity index (χ1v) is 10.3. The van der Waals surface area contributed by atoms with Gasteiger partial charge in [-0.3, -0.25) is 9.78 Å². The number of carbonyl (C=O) groups is 1. The van der Waals surface area contributed by atoms with E-state index in [1.54, 1.807) is 35.2 Å². The highest BCUT2D eigenvalue weighted by atomic mass is 35.5. The van der Waals surface area contributed by atoms with E-state index in [0.717, 1.165) is 0 Å². The number of carbonyl (C=O) groups excluding carboxylic acids is 1. The average molecular weight is 442 g/mol. The van der Waals surface area contributed by atoms with E-state index in [9.17, 15) is 9.18 Å². The second kappa shape index (κ2) is 9.37. The Hall–Kier alpha value is -1.76. The third-order valence-electron chi connectivity index (χ3n) is 5.10. The molecule has 2 heterocycles. The number of amides is 1. The fraction of sp³-hybridized carbons (Fsp3) is 0.429. The van der Waals surface area contributed by atoms with Crippen LogP contribution in [0.25, 0.3) is 0 Å². The number of hydrogen-bond acceptors (Lipinski definition) is 3. The number of nitrogens with zero attached hydrogens (tertiary/aromatic N) is 2. The first-order valence-electron chi connectivity index (χ1n) is 9.51. The SMILES string of the molecule is CC(F)c1cccc(CNCC2(F)CCN(C(=O)c3ccc(Cl)c(Cl)c3)CC2)n1. The molecule has 1 aliphatic rings. The quantitative estimate of drug-likeness (QED) is 0.673. The van der Waals surface area contributed by atoms with E-state index >= 15 is 4.39 Å². The van der Waals surface area contributed by atoms with Crippen LogP contribution in [-0.2, 0) is 6.54 Å². The number of halogens is 4. The molecule has 1 amide bonds. The van der Waals surface area contributed by atoms with Crippen LogP contribution in [0.4, 0.5) is 8.78 Å². The zero-order chi connectivity index (χ0) is 21.0. The Morgan fingerprint density at radius 3 is 2.62 bits per heavy atom. The third kappa shape index (κ3) is 5.65. The van der Waals surface area contributed by atoms with Crippen LogP contribution in [-0.4, -0.2) is 41.1 Å². The zero-order valence-corrected chi connectivity index (χ0v) is 17.6. The summed E-state index contributed by atoms with van der Waals surface area (Å²) in [6, 6.07) is 9.89. The van der Waals surface area contributed by atoms with Gasteiger partial charge in [0.15, 0.2) is 0 Å². The van der Waals surface area contributed by atoms with E-state index in [1.165, 1.54) is 13.0 Å². The van der Waals surface area contributed by atoms with E-state index in [2.05, 4.69) is 10.3 Å². The fourth-order valence-corrected chi connectivity index (χ4v) is 3.63. The molecule has 1 saturated heterocycles. The summed E-state index contributed by atoms with van der Waals surface area (Å²) < 4.78 is 28.5. The normalized spacial score (nSPS) is 17.2. The number of piperidine rings is 1. The Labute approximate surface area is 179 Å². The van der Waals surface area contributed by atoms with Crippen molar-refractivity contribution in [2.24, 2.45) is 0 Å². The Balaban J connectivity index is 1.50. The van der Waals surface area contributed by atoms with Gasteiger partial charge in [0, 0.05) is 44.6 Å². The molecule has 29 heavy (non-hydrogen) atoms. The molecule has 4 nitrogen and oxygen atoms in total. The summed E-state index contributed by atoms with van der Waals surface area (Å²) in [6.07, 6.45) is -0.663. The molecule has 1 fully saturated rings. The first kappa shape index (κ1) is 21.9. The van der Waals surface area contributed by atoms with Crippen LogP contribution in [0.5, 0.6) is 0 Å². The standard InChI is InChI=1S/C21H23Cl2F2N3O/c1-14(24)19-4-2-3-16(27-19)12-26-13-21(25)7-9-28(10-8-21)20(29)15-5-6-17(22)18(23)11-15/h2-6,11,14,26H,7-10,12-13H2,1H3. The summed E-state index contributed by atoms with van der Waals surface area (Å²) >= 11 is 11.9. The smallest absolute Gasteiger partial charge is 0.253 e. The van der Waals surface area contributed by atoms with E-state index < -0.39 is 11.8 Å². The number of pyridine rings is 1. The lowest BCUT2D eigenvalue weighted by atomic mass is 9.92. The molecule has 1 unspecified atom stereocenters. The van der Waals surface area contributed by atoms with Crippen LogP contribution < -0.4 is 5.32 Å². The second-order valence-electron chi connectivity index (χ2n) is 7.35. The summed E-state index contributed by atoms with van der Waals surface area (Å²) in [7, 11) is 0. The number of nitrogens with one attached hydrogen (secondary N) is 1. The van der Waals surface area contributed by atoms with Crippen molar-refractivity contribution < 1.29 is 13.6 Å². The van der Waals surface area contributed by atoms with Crippen molar-refractivity contribution in [3.8, 4) is 0 Å². The van der Waals surface area contributed by atoms with Crippen molar-refractivity contribution in [3.05, 3.63) is 63.4 Å². The van der Waals surface area contributed by atoms with Crippen LogP contribution in [0, 0.1) is 0 Å². The molecule has 0 spiro atoms. The molecule has 0 aliphatic carbocycles. The molecule has 156 valence electrons. The molecular weight excluding hydrogens is 419 g/mol. The van der Waals surface area contributed by atoms with Crippen molar-refractivity contribution in [3.63, 3.8) is 0 Å². The van der Waals surface area contributed by atoms with E-state index in [1.807, 2.05) is 0 Å². The average Bonchev–Trinajstić information content (AvgIpc) is 2.70. The van der Waals surface area contributed by atoms with E-state index in [0.29, 0.717) is 46.6 Å². The van der Waals surface area contributed by atoms with Crippen molar-refractivity contribution in [2.45, 2.75) is 38.2 Å². The van der Waals surface area contributed by atoms with Gasteiger partial charge in [-0.05, 0) is 37.3 Å². The number of aromatic nitrogens is 1. The molecule has 3 rings (SSSR count). The van der Waals surface area contributed by atoms with Crippen LogP contribution in [0.3, 0.4) is 0 Å². The van der Waals surface area contributed by atoms with Crippen LogP contribution >= 0.6 is 23.2 Å². The maximum Gasteiger partial charge on any atom is 0.253 e. The molecule has 0 saturated carbocycles. The van der Waals surface area contributed by atoms with Gasteiger partial charge in [0.25, 0.3) is 5.91 Å². The molecule has 0 bridgehead atoms. The highest BCUT2D eigenvalue weighted by Gasteiger charge is 2.36. The maximum absolute atomic E-state index is 15.1. The minimum atomic E-state index is -1.40.